The Labute approximate surface area is 114 Å². The zero-order valence-electron chi connectivity index (χ0n) is 11.2. The third-order valence-corrected chi connectivity index (χ3v) is 5.32. The highest BCUT2D eigenvalue weighted by molar-refractivity contribution is 7.90. The molecule has 4 nitrogen and oxygen atoms in total. The summed E-state index contributed by atoms with van der Waals surface area (Å²) >= 11 is 0. The molecule has 0 unspecified atom stereocenters. The lowest BCUT2D eigenvalue weighted by Crippen LogP contribution is -2.29. The van der Waals surface area contributed by atoms with Gasteiger partial charge in [-0.1, -0.05) is 12.1 Å². The molecule has 0 spiro atoms. The molecule has 0 bridgehead atoms. The van der Waals surface area contributed by atoms with Crippen LogP contribution in [0.15, 0.2) is 29.2 Å². The van der Waals surface area contributed by atoms with Gasteiger partial charge in [-0.15, -0.1) is 0 Å². The summed E-state index contributed by atoms with van der Waals surface area (Å²) in [5.74, 6) is 0.801. The van der Waals surface area contributed by atoms with Crippen LogP contribution in [0.1, 0.15) is 12.0 Å². The van der Waals surface area contributed by atoms with Gasteiger partial charge in [-0.3, -0.25) is 4.90 Å². The van der Waals surface area contributed by atoms with Crippen molar-refractivity contribution < 1.29 is 8.42 Å². The van der Waals surface area contributed by atoms with Crippen molar-refractivity contribution in [2.24, 2.45) is 5.92 Å². The van der Waals surface area contributed by atoms with Crippen molar-refractivity contribution >= 4 is 9.84 Å². The van der Waals surface area contributed by atoms with E-state index in [-0.39, 0.29) is 0 Å². The highest BCUT2D eigenvalue weighted by atomic mass is 32.2. The molecule has 104 valence electrons. The fourth-order valence-corrected chi connectivity index (χ4v) is 3.80. The molecule has 1 aromatic carbocycles. The number of nitrogens with zero attached hydrogens (tertiary/aromatic N) is 1. The van der Waals surface area contributed by atoms with Crippen LogP contribution >= 0.6 is 0 Å². The van der Waals surface area contributed by atoms with Crippen molar-refractivity contribution in [3.05, 3.63) is 29.8 Å². The lowest BCUT2D eigenvalue weighted by Gasteiger charge is -2.17. The molecule has 2 heterocycles. The Bertz CT molecular complexity index is 541. The molecule has 1 N–H and O–H groups in total. The summed E-state index contributed by atoms with van der Waals surface area (Å²) in [6.07, 6.45) is 2.53. The Balaban J connectivity index is 1.65. The molecule has 0 amide bonds. The SMILES string of the molecule is CS(=O)(=O)c1ccc(CN2C[C@@H]3CCN[C@@H]3C2)cc1. The molecule has 0 radical (unpaired) electrons. The Kier molecular flexibility index (Phi) is 3.37. The topological polar surface area (TPSA) is 49.4 Å². The van der Waals surface area contributed by atoms with E-state index in [1.165, 1.54) is 18.2 Å². The minimum atomic E-state index is -3.08. The molecule has 0 aromatic heterocycles. The summed E-state index contributed by atoms with van der Waals surface area (Å²) < 4.78 is 22.8. The van der Waals surface area contributed by atoms with Gasteiger partial charge in [0.25, 0.3) is 0 Å². The number of fused-ring (bicyclic) bond motifs is 1. The molecule has 2 atom stereocenters. The highest BCUT2D eigenvalue weighted by Gasteiger charge is 2.35. The number of hydrogen-bond donors (Lipinski definition) is 1. The van der Waals surface area contributed by atoms with E-state index in [4.69, 9.17) is 0 Å². The summed E-state index contributed by atoms with van der Waals surface area (Å²) in [7, 11) is -3.08. The molecule has 2 aliphatic rings. The Morgan fingerprint density at radius 2 is 2.00 bits per heavy atom. The third-order valence-electron chi connectivity index (χ3n) is 4.20. The van der Waals surface area contributed by atoms with Gasteiger partial charge in [0, 0.05) is 31.9 Å². The normalized spacial score (nSPS) is 27.6. The summed E-state index contributed by atoms with van der Waals surface area (Å²) in [4.78, 5) is 2.85. The summed E-state index contributed by atoms with van der Waals surface area (Å²) in [6, 6.07) is 7.94. The summed E-state index contributed by atoms with van der Waals surface area (Å²) in [6.45, 7) is 4.34. The van der Waals surface area contributed by atoms with Crippen molar-refractivity contribution in [3.63, 3.8) is 0 Å². The van der Waals surface area contributed by atoms with E-state index in [1.807, 2.05) is 12.1 Å². The Morgan fingerprint density at radius 1 is 1.26 bits per heavy atom. The number of likely N-dealkylation sites (tertiary alicyclic amines) is 1. The molecule has 0 saturated carbocycles. The summed E-state index contributed by atoms with van der Waals surface area (Å²) in [5, 5.41) is 3.54. The third kappa shape index (κ3) is 2.83. The molecule has 2 saturated heterocycles. The predicted molar refractivity (Wildman–Crippen MR) is 74.7 cm³/mol. The Hall–Kier alpha value is -0.910. The van der Waals surface area contributed by atoms with E-state index in [9.17, 15) is 8.42 Å². The van der Waals surface area contributed by atoms with Gasteiger partial charge in [-0.2, -0.15) is 0 Å². The molecular weight excluding hydrogens is 260 g/mol. The van der Waals surface area contributed by atoms with Gasteiger partial charge in [-0.25, -0.2) is 8.42 Å². The monoisotopic (exact) mass is 280 g/mol. The van der Waals surface area contributed by atoms with E-state index in [2.05, 4.69) is 10.2 Å². The molecular formula is C14H20N2O2S. The van der Waals surface area contributed by atoms with Crippen molar-refractivity contribution in [2.45, 2.75) is 23.9 Å². The largest absolute Gasteiger partial charge is 0.312 e. The van der Waals surface area contributed by atoms with E-state index < -0.39 is 9.84 Å². The fraction of sp³-hybridized carbons (Fsp3) is 0.571. The molecule has 1 aromatic rings. The highest BCUT2D eigenvalue weighted by Crippen LogP contribution is 2.25. The van der Waals surface area contributed by atoms with Gasteiger partial charge < -0.3 is 5.32 Å². The van der Waals surface area contributed by atoms with Gasteiger partial charge in [0.1, 0.15) is 0 Å². The van der Waals surface area contributed by atoms with Crippen molar-refractivity contribution in [1.29, 1.82) is 0 Å². The van der Waals surface area contributed by atoms with Crippen LogP contribution in [0.25, 0.3) is 0 Å². The first-order valence-electron chi connectivity index (χ1n) is 6.77. The maximum atomic E-state index is 11.4. The maximum absolute atomic E-state index is 11.4. The van der Waals surface area contributed by atoms with Crippen LogP contribution < -0.4 is 5.32 Å². The van der Waals surface area contributed by atoms with Crippen molar-refractivity contribution in [2.75, 3.05) is 25.9 Å². The second kappa shape index (κ2) is 4.89. The smallest absolute Gasteiger partial charge is 0.175 e. The fourth-order valence-electron chi connectivity index (χ4n) is 3.17. The average Bonchev–Trinajstić information content (AvgIpc) is 2.89. The maximum Gasteiger partial charge on any atom is 0.175 e. The number of nitrogens with one attached hydrogen (secondary N) is 1. The van der Waals surface area contributed by atoms with Crippen molar-refractivity contribution in [3.8, 4) is 0 Å². The number of benzene rings is 1. The van der Waals surface area contributed by atoms with E-state index in [0.717, 1.165) is 32.1 Å². The van der Waals surface area contributed by atoms with Crippen LogP contribution in [0.4, 0.5) is 0 Å². The lowest BCUT2D eigenvalue weighted by molar-refractivity contribution is 0.306. The van der Waals surface area contributed by atoms with Crippen LogP contribution in [0.2, 0.25) is 0 Å². The number of sulfone groups is 1. The number of hydrogen-bond acceptors (Lipinski definition) is 4. The van der Waals surface area contributed by atoms with Crippen LogP contribution in [0.5, 0.6) is 0 Å². The molecule has 2 fully saturated rings. The molecule has 3 rings (SSSR count). The lowest BCUT2D eigenvalue weighted by atomic mass is 10.1. The zero-order chi connectivity index (χ0) is 13.5. The van der Waals surface area contributed by atoms with Crippen molar-refractivity contribution in [1.82, 2.24) is 10.2 Å². The Morgan fingerprint density at radius 3 is 2.63 bits per heavy atom. The second-order valence-corrected chi connectivity index (χ2v) is 7.74. The minimum absolute atomic E-state index is 0.399. The average molecular weight is 280 g/mol. The standard InChI is InChI=1S/C14H20N2O2S/c1-19(17,18)13-4-2-11(3-5-13)8-16-9-12-6-7-15-14(12)10-16/h2-5,12,14-15H,6-10H2,1H3/t12-,14+/m0/s1. The first-order chi connectivity index (χ1) is 9.02. The molecule has 0 aliphatic carbocycles. The predicted octanol–water partition coefficient (Wildman–Crippen LogP) is 0.884. The van der Waals surface area contributed by atoms with Crippen LogP contribution in [-0.4, -0.2) is 45.2 Å². The molecule has 2 aliphatic heterocycles. The van der Waals surface area contributed by atoms with Gasteiger partial charge in [0.15, 0.2) is 9.84 Å². The second-order valence-electron chi connectivity index (χ2n) is 5.72. The van der Waals surface area contributed by atoms with Gasteiger partial charge in [0.2, 0.25) is 0 Å². The van der Waals surface area contributed by atoms with Gasteiger partial charge in [-0.05, 0) is 36.6 Å². The minimum Gasteiger partial charge on any atom is -0.312 e. The summed E-state index contributed by atoms with van der Waals surface area (Å²) in [5.41, 5.74) is 1.19. The van der Waals surface area contributed by atoms with Crippen LogP contribution in [0.3, 0.4) is 0 Å². The zero-order valence-corrected chi connectivity index (χ0v) is 12.0. The first kappa shape index (κ1) is 13.1. The van der Waals surface area contributed by atoms with Gasteiger partial charge in [0.05, 0.1) is 4.90 Å². The first-order valence-corrected chi connectivity index (χ1v) is 8.66. The van der Waals surface area contributed by atoms with E-state index in [0.29, 0.717) is 10.9 Å². The van der Waals surface area contributed by atoms with E-state index in [1.54, 1.807) is 12.1 Å². The van der Waals surface area contributed by atoms with E-state index >= 15 is 0 Å². The number of rotatable bonds is 3. The quantitative estimate of drug-likeness (QED) is 0.893. The van der Waals surface area contributed by atoms with Gasteiger partial charge >= 0.3 is 0 Å². The molecule has 19 heavy (non-hydrogen) atoms. The van der Waals surface area contributed by atoms with Crippen LogP contribution in [0, 0.1) is 5.92 Å². The van der Waals surface area contributed by atoms with Crippen LogP contribution in [-0.2, 0) is 16.4 Å². The molecule has 5 heteroatoms.